The van der Waals surface area contributed by atoms with Crippen molar-refractivity contribution < 1.29 is 27.8 Å². The Hall–Kier alpha value is -1.11. The van der Waals surface area contributed by atoms with Crippen molar-refractivity contribution in [2.45, 2.75) is 17.7 Å². The molecule has 0 aromatic heterocycles. The monoisotopic (exact) mass is 356 g/mol. The van der Waals surface area contributed by atoms with Crippen LogP contribution in [-0.4, -0.2) is 57.6 Å². The molecule has 1 aliphatic rings. The summed E-state index contributed by atoms with van der Waals surface area (Å²) in [5.41, 5.74) is 0. The zero-order valence-corrected chi connectivity index (χ0v) is 12.9. The maximum absolute atomic E-state index is 10.8. The fraction of sp³-hybridized carbons (Fsp3) is 0.556. The standard InChI is InChI=1S/C9H12N2O7S3/c12-9(13)7(21(16,17)18)3-4-19-20-8-2-1-6(5-10-8)11(14)15/h1-2,6-7H,3-5H2,(H,12,13)(H,16,17,18). The summed E-state index contributed by atoms with van der Waals surface area (Å²) in [6.45, 7) is 0.0369. The van der Waals surface area contributed by atoms with E-state index in [2.05, 4.69) is 4.99 Å². The van der Waals surface area contributed by atoms with Gasteiger partial charge >= 0.3 is 5.97 Å². The second-order valence-electron chi connectivity index (χ2n) is 3.93. The molecule has 21 heavy (non-hydrogen) atoms. The van der Waals surface area contributed by atoms with Gasteiger partial charge in [0.15, 0.2) is 5.25 Å². The molecule has 1 aliphatic heterocycles. The molecule has 9 nitrogen and oxygen atoms in total. The molecule has 0 amide bonds. The van der Waals surface area contributed by atoms with Crippen molar-refractivity contribution in [3.8, 4) is 0 Å². The number of hydrogen-bond acceptors (Lipinski definition) is 8. The van der Waals surface area contributed by atoms with Crippen molar-refractivity contribution in [1.29, 1.82) is 0 Å². The third kappa shape index (κ3) is 6.03. The first-order valence-electron chi connectivity index (χ1n) is 5.56. The number of rotatable bonds is 7. The molecule has 2 atom stereocenters. The van der Waals surface area contributed by atoms with Crippen LogP contribution in [0.2, 0.25) is 0 Å². The molecular formula is C9H12N2O7S3. The van der Waals surface area contributed by atoms with Crippen LogP contribution >= 0.6 is 21.6 Å². The van der Waals surface area contributed by atoms with Gasteiger partial charge in [0.25, 0.3) is 16.2 Å². The number of nitrogens with zero attached hydrogens (tertiary/aromatic N) is 2. The summed E-state index contributed by atoms with van der Waals surface area (Å²) in [5, 5.41) is 17.9. The van der Waals surface area contributed by atoms with Crippen LogP contribution in [0.15, 0.2) is 17.1 Å². The predicted molar refractivity (Wildman–Crippen MR) is 79.9 cm³/mol. The molecule has 0 fully saturated rings. The molecule has 0 spiro atoms. The summed E-state index contributed by atoms with van der Waals surface area (Å²) in [7, 11) is -2.31. The summed E-state index contributed by atoms with van der Waals surface area (Å²) in [5.74, 6) is -1.45. The summed E-state index contributed by atoms with van der Waals surface area (Å²) in [6.07, 6.45) is 2.65. The Morgan fingerprint density at radius 1 is 1.62 bits per heavy atom. The number of carboxylic acids is 1. The van der Waals surface area contributed by atoms with E-state index >= 15 is 0 Å². The Kier molecular flexibility index (Phi) is 6.64. The van der Waals surface area contributed by atoms with E-state index in [1.54, 1.807) is 0 Å². The molecule has 2 N–H and O–H groups in total. The average Bonchev–Trinajstić information content (AvgIpc) is 2.37. The highest BCUT2D eigenvalue weighted by atomic mass is 33.1. The normalized spacial score (nSPS) is 19.9. The molecule has 0 saturated carbocycles. The highest BCUT2D eigenvalue weighted by molar-refractivity contribution is 8.82. The smallest absolute Gasteiger partial charge is 0.324 e. The Bertz CT molecular complexity index is 572. The fourth-order valence-corrected chi connectivity index (χ4v) is 4.18. The zero-order chi connectivity index (χ0) is 16.0. The van der Waals surface area contributed by atoms with Crippen LogP contribution in [0, 0.1) is 10.1 Å². The lowest BCUT2D eigenvalue weighted by atomic mass is 10.2. The molecule has 0 radical (unpaired) electrons. The van der Waals surface area contributed by atoms with Gasteiger partial charge in [-0.25, -0.2) is 0 Å². The van der Waals surface area contributed by atoms with E-state index in [1.807, 2.05) is 0 Å². The molecule has 0 aromatic carbocycles. The van der Waals surface area contributed by atoms with E-state index < -0.39 is 32.3 Å². The van der Waals surface area contributed by atoms with E-state index in [9.17, 15) is 23.3 Å². The predicted octanol–water partition coefficient (Wildman–Crippen LogP) is 0.712. The third-order valence-corrected chi connectivity index (χ3v) is 5.89. The minimum absolute atomic E-state index is 0.0369. The van der Waals surface area contributed by atoms with Crippen LogP contribution in [0.5, 0.6) is 0 Å². The molecule has 0 aliphatic carbocycles. The third-order valence-electron chi connectivity index (χ3n) is 2.41. The number of aliphatic carboxylic acids is 1. The summed E-state index contributed by atoms with van der Waals surface area (Å²) in [6, 6.07) is -0.838. The van der Waals surface area contributed by atoms with Gasteiger partial charge < -0.3 is 5.11 Å². The first kappa shape index (κ1) is 17.9. The van der Waals surface area contributed by atoms with E-state index in [4.69, 9.17) is 9.66 Å². The number of carbonyl (C=O) groups is 1. The van der Waals surface area contributed by atoms with Gasteiger partial charge in [-0.05, 0) is 29.4 Å². The second-order valence-corrected chi connectivity index (χ2v) is 7.96. The van der Waals surface area contributed by atoms with E-state index in [0.29, 0.717) is 5.04 Å². The van der Waals surface area contributed by atoms with Gasteiger partial charge in [0.2, 0.25) is 0 Å². The Morgan fingerprint density at radius 2 is 2.29 bits per heavy atom. The molecule has 1 heterocycles. The van der Waals surface area contributed by atoms with Crippen LogP contribution in [0.4, 0.5) is 0 Å². The molecule has 0 bridgehead atoms. The van der Waals surface area contributed by atoms with Crippen molar-refractivity contribution >= 4 is 42.7 Å². The fourth-order valence-electron chi connectivity index (χ4n) is 1.34. The van der Waals surface area contributed by atoms with Crippen molar-refractivity contribution in [3.05, 3.63) is 22.3 Å². The Balaban J connectivity index is 2.37. The van der Waals surface area contributed by atoms with Gasteiger partial charge in [0.1, 0.15) is 11.6 Å². The van der Waals surface area contributed by atoms with Gasteiger partial charge in [-0.15, -0.1) is 0 Å². The van der Waals surface area contributed by atoms with Crippen molar-refractivity contribution in [2.75, 3.05) is 12.3 Å². The lowest BCUT2D eigenvalue weighted by Crippen LogP contribution is -2.30. The highest BCUT2D eigenvalue weighted by Crippen LogP contribution is 2.27. The second kappa shape index (κ2) is 7.77. The molecule has 1 rings (SSSR count). The lowest BCUT2D eigenvalue weighted by Gasteiger charge is -2.10. The van der Waals surface area contributed by atoms with Gasteiger partial charge in [0.05, 0.1) is 0 Å². The highest BCUT2D eigenvalue weighted by Gasteiger charge is 2.30. The number of aliphatic imine (C=N–C) groups is 1. The van der Waals surface area contributed by atoms with E-state index in [-0.39, 0.29) is 18.7 Å². The molecule has 2 unspecified atom stereocenters. The zero-order valence-electron chi connectivity index (χ0n) is 10.5. The molecule has 0 saturated heterocycles. The number of dihydropyridines is 1. The first-order valence-corrected chi connectivity index (χ1v) is 9.38. The maximum Gasteiger partial charge on any atom is 0.324 e. The minimum atomic E-state index is -4.63. The van der Waals surface area contributed by atoms with Crippen molar-refractivity contribution in [2.24, 2.45) is 4.99 Å². The minimum Gasteiger partial charge on any atom is -0.480 e. The lowest BCUT2D eigenvalue weighted by molar-refractivity contribution is -0.506. The molecule has 118 valence electrons. The number of nitro groups is 1. The Morgan fingerprint density at radius 3 is 2.71 bits per heavy atom. The van der Waals surface area contributed by atoms with Crippen molar-refractivity contribution in [3.63, 3.8) is 0 Å². The van der Waals surface area contributed by atoms with Crippen LogP contribution < -0.4 is 0 Å². The quantitative estimate of drug-likeness (QED) is 0.221. The van der Waals surface area contributed by atoms with Gasteiger partial charge in [0, 0.05) is 10.7 Å². The molecular weight excluding hydrogens is 344 g/mol. The van der Waals surface area contributed by atoms with Gasteiger partial charge in [-0.3, -0.25) is 24.5 Å². The van der Waals surface area contributed by atoms with E-state index in [0.717, 1.165) is 21.6 Å². The van der Waals surface area contributed by atoms with Crippen LogP contribution in [0.25, 0.3) is 0 Å². The number of carboxylic acid groups (broad SMARTS) is 1. The van der Waals surface area contributed by atoms with Gasteiger partial charge in [-0.1, -0.05) is 10.8 Å². The topological polar surface area (TPSA) is 147 Å². The maximum atomic E-state index is 10.8. The molecule has 0 aromatic rings. The summed E-state index contributed by atoms with van der Waals surface area (Å²) >= 11 is 0. The van der Waals surface area contributed by atoms with Crippen molar-refractivity contribution in [1.82, 2.24) is 0 Å². The first-order chi connectivity index (χ1) is 9.71. The van der Waals surface area contributed by atoms with Crippen LogP contribution in [-0.2, 0) is 14.9 Å². The van der Waals surface area contributed by atoms with E-state index in [1.165, 1.54) is 12.2 Å². The SMILES string of the molecule is O=C(O)C(CCSSC1=NCC([N+](=O)[O-])C=C1)S(=O)(=O)O. The van der Waals surface area contributed by atoms with Crippen LogP contribution in [0.1, 0.15) is 6.42 Å². The average molecular weight is 356 g/mol. The Labute approximate surface area is 128 Å². The number of hydrogen-bond donors (Lipinski definition) is 2. The van der Waals surface area contributed by atoms with Crippen LogP contribution in [0.3, 0.4) is 0 Å². The summed E-state index contributed by atoms with van der Waals surface area (Å²) < 4.78 is 30.4. The van der Waals surface area contributed by atoms with Gasteiger partial charge in [-0.2, -0.15) is 8.42 Å². The molecule has 12 heteroatoms. The largest absolute Gasteiger partial charge is 0.480 e. The summed E-state index contributed by atoms with van der Waals surface area (Å²) in [4.78, 5) is 24.7.